The number of esters is 1. The van der Waals surface area contributed by atoms with Crippen LogP contribution in [0, 0.1) is 5.92 Å². The fraction of sp³-hybridized carbons (Fsp3) is 0.667. The van der Waals surface area contributed by atoms with Gasteiger partial charge in [-0.2, -0.15) is 0 Å². The monoisotopic (exact) mass is 482 g/mol. The minimum Gasteiger partial charge on any atom is -0.459 e. The summed E-state index contributed by atoms with van der Waals surface area (Å²) in [5, 5.41) is 52.1. The van der Waals surface area contributed by atoms with Crippen LogP contribution in [0.3, 0.4) is 0 Å². The molecule has 6 atom stereocenters. The Bertz CT molecular complexity index is 831. The molecule has 1 fully saturated rings. The van der Waals surface area contributed by atoms with Crippen LogP contribution in [0.25, 0.3) is 0 Å². The highest BCUT2D eigenvalue weighted by Gasteiger charge is 2.46. The molecule has 10 heteroatoms. The molecule has 3 aliphatic rings. The summed E-state index contributed by atoms with van der Waals surface area (Å²) in [4.78, 5) is 23.9. The predicted octanol–water partition coefficient (Wildman–Crippen LogP) is -0.332. The smallest absolute Gasteiger partial charge is 0.336 e. The lowest BCUT2D eigenvalue weighted by atomic mass is 9.75. The van der Waals surface area contributed by atoms with Gasteiger partial charge in [0.1, 0.15) is 36.6 Å². The molecule has 1 heterocycles. The lowest BCUT2D eigenvalue weighted by Crippen LogP contribution is -2.59. The second-order valence-corrected chi connectivity index (χ2v) is 9.38. The average molecular weight is 483 g/mol. The van der Waals surface area contributed by atoms with Gasteiger partial charge in [-0.15, -0.1) is 0 Å². The summed E-state index contributed by atoms with van der Waals surface area (Å²) in [6.45, 7) is 3.08. The van der Waals surface area contributed by atoms with E-state index in [2.05, 4.69) is 0 Å². The summed E-state index contributed by atoms with van der Waals surface area (Å²) in [5.74, 6) is -1.20. The van der Waals surface area contributed by atoms with Gasteiger partial charge >= 0.3 is 5.97 Å². The first-order valence-electron chi connectivity index (χ1n) is 11.5. The molecule has 0 aromatic carbocycles. The molecule has 0 aromatic rings. The van der Waals surface area contributed by atoms with Gasteiger partial charge in [-0.3, -0.25) is 4.79 Å². The topological polar surface area (TPSA) is 163 Å². The summed E-state index contributed by atoms with van der Waals surface area (Å²) in [5.41, 5.74) is -2.55. The zero-order valence-electron chi connectivity index (χ0n) is 19.4. The quantitative estimate of drug-likeness (QED) is 0.289. The molecule has 0 aromatic heterocycles. The number of hydrogen-bond acceptors (Lipinski definition) is 10. The number of carbonyl (C=O) groups excluding carboxylic acids is 2. The van der Waals surface area contributed by atoms with Gasteiger partial charge in [0.2, 0.25) is 0 Å². The van der Waals surface area contributed by atoms with Crippen LogP contribution in [0.15, 0.2) is 36.0 Å². The van der Waals surface area contributed by atoms with Gasteiger partial charge < -0.3 is 39.7 Å². The number of ether oxygens (including phenoxy) is 3. The van der Waals surface area contributed by atoms with Crippen molar-refractivity contribution in [3.05, 3.63) is 36.0 Å². The van der Waals surface area contributed by atoms with E-state index >= 15 is 0 Å². The minimum absolute atomic E-state index is 0.0418. The van der Waals surface area contributed by atoms with Crippen LogP contribution in [0.4, 0.5) is 0 Å². The Balaban J connectivity index is 1.57. The van der Waals surface area contributed by atoms with Crippen LogP contribution >= 0.6 is 0 Å². The number of aliphatic hydroxyl groups is 5. The van der Waals surface area contributed by atoms with Crippen LogP contribution in [0.5, 0.6) is 0 Å². The lowest BCUT2D eigenvalue weighted by Gasteiger charge is -2.40. The van der Waals surface area contributed by atoms with Gasteiger partial charge in [0.25, 0.3) is 0 Å². The lowest BCUT2D eigenvalue weighted by molar-refractivity contribution is -0.302. The van der Waals surface area contributed by atoms with E-state index in [0.717, 1.165) is 6.42 Å². The van der Waals surface area contributed by atoms with E-state index in [1.807, 2.05) is 13.8 Å². The third-order valence-corrected chi connectivity index (χ3v) is 6.66. The van der Waals surface area contributed by atoms with Gasteiger partial charge in [-0.05, 0) is 49.5 Å². The van der Waals surface area contributed by atoms with Gasteiger partial charge in [0.15, 0.2) is 12.1 Å². The number of hydrogen-bond donors (Lipinski definition) is 5. The Morgan fingerprint density at radius 3 is 2.47 bits per heavy atom. The van der Waals surface area contributed by atoms with Crippen molar-refractivity contribution < 1.29 is 49.3 Å². The van der Waals surface area contributed by atoms with E-state index in [4.69, 9.17) is 14.2 Å². The van der Waals surface area contributed by atoms with Crippen LogP contribution in [0.2, 0.25) is 0 Å². The molecule has 0 bridgehead atoms. The van der Waals surface area contributed by atoms with Crippen molar-refractivity contribution in [2.24, 2.45) is 5.92 Å². The van der Waals surface area contributed by atoms with Gasteiger partial charge in [0.05, 0.1) is 17.8 Å². The average Bonchev–Trinajstić information content (AvgIpc) is 2.80. The summed E-state index contributed by atoms with van der Waals surface area (Å²) in [7, 11) is 0. The Hall–Kier alpha value is -1.92. The third-order valence-electron chi connectivity index (χ3n) is 6.66. The fourth-order valence-electron chi connectivity index (χ4n) is 4.29. The molecule has 34 heavy (non-hydrogen) atoms. The second-order valence-electron chi connectivity index (χ2n) is 9.38. The summed E-state index contributed by atoms with van der Waals surface area (Å²) < 4.78 is 16.3. The van der Waals surface area contributed by atoms with E-state index in [0.29, 0.717) is 12.8 Å². The molecule has 1 saturated heterocycles. The molecule has 0 unspecified atom stereocenters. The number of ketones is 1. The van der Waals surface area contributed by atoms with Crippen molar-refractivity contribution in [3.63, 3.8) is 0 Å². The van der Waals surface area contributed by atoms with E-state index in [1.165, 1.54) is 24.3 Å². The second kappa shape index (κ2) is 10.8. The molecule has 5 N–H and O–H groups in total. The maximum absolute atomic E-state index is 12.7. The minimum atomic E-state index is -1.63. The zero-order chi connectivity index (χ0) is 25.1. The molecular weight excluding hydrogens is 448 g/mol. The summed E-state index contributed by atoms with van der Waals surface area (Å²) in [6, 6.07) is 0. The Kier molecular flexibility index (Phi) is 8.46. The van der Waals surface area contributed by atoms with Crippen molar-refractivity contribution in [2.75, 3.05) is 13.2 Å². The molecule has 190 valence electrons. The van der Waals surface area contributed by atoms with Gasteiger partial charge in [0, 0.05) is 6.42 Å². The van der Waals surface area contributed by atoms with Crippen molar-refractivity contribution in [1.82, 2.24) is 0 Å². The number of rotatable bonds is 8. The van der Waals surface area contributed by atoms with E-state index in [9.17, 15) is 35.1 Å². The van der Waals surface area contributed by atoms with Crippen molar-refractivity contribution >= 4 is 11.8 Å². The van der Waals surface area contributed by atoms with Crippen molar-refractivity contribution in [3.8, 4) is 0 Å². The predicted molar refractivity (Wildman–Crippen MR) is 118 cm³/mol. The van der Waals surface area contributed by atoms with Crippen molar-refractivity contribution in [1.29, 1.82) is 0 Å². The number of carbonyl (C=O) groups is 2. The van der Waals surface area contributed by atoms with E-state index in [1.54, 1.807) is 6.08 Å². The maximum atomic E-state index is 12.7. The van der Waals surface area contributed by atoms with Gasteiger partial charge in [-0.25, -0.2) is 4.79 Å². The first-order chi connectivity index (χ1) is 16.0. The summed E-state index contributed by atoms with van der Waals surface area (Å²) in [6.07, 6.45) is 1.32. The maximum Gasteiger partial charge on any atom is 0.336 e. The van der Waals surface area contributed by atoms with E-state index < -0.39 is 54.5 Å². The largest absolute Gasteiger partial charge is 0.459 e. The molecule has 1 aliphatic heterocycles. The zero-order valence-corrected chi connectivity index (χ0v) is 19.4. The Morgan fingerprint density at radius 1 is 1.15 bits per heavy atom. The molecule has 2 aliphatic carbocycles. The third kappa shape index (κ3) is 5.83. The number of aliphatic hydroxyl groups excluding tert-OH is 3. The Labute approximate surface area is 198 Å². The van der Waals surface area contributed by atoms with Crippen molar-refractivity contribution in [2.45, 2.75) is 81.4 Å². The molecule has 0 radical (unpaired) electrons. The molecular formula is C24H34O10. The summed E-state index contributed by atoms with van der Waals surface area (Å²) >= 11 is 0. The highest BCUT2D eigenvalue weighted by molar-refractivity contribution is 6.00. The highest BCUT2D eigenvalue weighted by atomic mass is 16.7. The Morgan fingerprint density at radius 2 is 1.82 bits per heavy atom. The standard InChI is InChI=1S/C24H34O10/c1-14(2)24(31)8-4-3-5-16(24)21(29)33-13-17-18(26)19(27)20(28)22(34-17)32-12-11-23(30)9-6-15(25)7-10-23/h5-7,9-10,14,17-20,22,26-28,30-31H,3-4,8,11-13H2,1-2H3/t17-,18-,19+,20-,22-,24-/m1/s1. The molecule has 0 amide bonds. The van der Waals surface area contributed by atoms with Crippen LogP contribution in [-0.2, 0) is 23.8 Å². The van der Waals surface area contributed by atoms with E-state index in [-0.39, 0.29) is 30.3 Å². The molecule has 0 spiro atoms. The SMILES string of the molecule is CC(C)[C@]1(O)CCCC=C1C(=O)OC[C@H]1O[C@@H](OCCC2(O)C=CC(=O)C=C2)[C@H](O)[C@@H](O)[C@@H]1O. The van der Waals surface area contributed by atoms with Crippen LogP contribution in [-0.4, -0.2) is 92.4 Å². The van der Waals surface area contributed by atoms with Crippen LogP contribution < -0.4 is 0 Å². The highest BCUT2D eigenvalue weighted by Crippen LogP contribution is 2.36. The number of allylic oxidation sites excluding steroid dienone is 3. The van der Waals surface area contributed by atoms with Gasteiger partial charge in [-0.1, -0.05) is 19.9 Å². The van der Waals surface area contributed by atoms with Crippen LogP contribution in [0.1, 0.15) is 39.5 Å². The molecule has 0 saturated carbocycles. The first-order valence-corrected chi connectivity index (χ1v) is 11.5. The molecule has 3 rings (SSSR count). The fourth-order valence-corrected chi connectivity index (χ4v) is 4.29. The molecule has 10 nitrogen and oxygen atoms in total. The normalized spacial score (nSPS) is 35.4. The first kappa shape index (κ1) is 26.7.